The van der Waals surface area contributed by atoms with Gasteiger partial charge in [-0.3, -0.25) is 4.79 Å². The molecule has 2 fully saturated rings. The van der Waals surface area contributed by atoms with Crippen LogP contribution in [0.5, 0.6) is 11.5 Å². The summed E-state index contributed by atoms with van der Waals surface area (Å²) in [6.45, 7) is 0.221. The summed E-state index contributed by atoms with van der Waals surface area (Å²) in [5, 5.41) is -0.215. The minimum atomic E-state index is -0.907. The zero-order chi connectivity index (χ0) is 20.4. The van der Waals surface area contributed by atoms with Crippen LogP contribution >= 0.6 is 11.8 Å². The standard InChI is InChI=1S/C22H23F2NO3S/c1-27-19-9-7-15(11-20(19)28-16-4-2-3-5-16)22-25(21(26)13-29-22)12-14-6-8-17(23)18(24)10-14/h6-11,16,22H,2-5,12-13H2,1H3. The molecule has 0 radical (unpaired) electrons. The Morgan fingerprint density at radius 3 is 2.59 bits per heavy atom. The minimum Gasteiger partial charge on any atom is -0.493 e. The summed E-state index contributed by atoms with van der Waals surface area (Å²) >= 11 is 1.52. The van der Waals surface area contributed by atoms with Crippen LogP contribution in [0.1, 0.15) is 42.2 Å². The molecule has 0 bridgehead atoms. The molecule has 7 heteroatoms. The van der Waals surface area contributed by atoms with Gasteiger partial charge in [-0.1, -0.05) is 12.1 Å². The Morgan fingerprint density at radius 2 is 1.86 bits per heavy atom. The summed E-state index contributed by atoms with van der Waals surface area (Å²) in [6, 6.07) is 9.47. The zero-order valence-electron chi connectivity index (χ0n) is 16.2. The van der Waals surface area contributed by atoms with Crippen LogP contribution < -0.4 is 9.47 Å². The predicted octanol–water partition coefficient (Wildman–Crippen LogP) is 5.07. The van der Waals surface area contributed by atoms with Crippen molar-refractivity contribution in [1.82, 2.24) is 4.90 Å². The Kier molecular flexibility index (Phi) is 5.94. The normalized spacial score (nSPS) is 19.8. The molecule has 2 aromatic carbocycles. The summed E-state index contributed by atoms with van der Waals surface area (Å²) < 4.78 is 38.4. The summed E-state index contributed by atoms with van der Waals surface area (Å²) in [6.07, 6.45) is 4.59. The van der Waals surface area contributed by atoms with E-state index in [0.717, 1.165) is 30.5 Å². The lowest BCUT2D eigenvalue weighted by molar-refractivity contribution is -0.128. The van der Waals surface area contributed by atoms with Crippen molar-refractivity contribution in [1.29, 1.82) is 0 Å². The molecule has 1 saturated carbocycles. The summed E-state index contributed by atoms with van der Waals surface area (Å²) in [5.74, 6) is -0.129. The quantitative estimate of drug-likeness (QED) is 0.655. The van der Waals surface area contributed by atoms with Crippen LogP contribution in [0.25, 0.3) is 0 Å². The predicted molar refractivity (Wildman–Crippen MR) is 108 cm³/mol. The number of carbonyl (C=O) groups is 1. The highest BCUT2D eigenvalue weighted by Crippen LogP contribution is 2.43. The van der Waals surface area contributed by atoms with Gasteiger partial charge in [-0.15, -0.1) is 11.8 Å². The van der Waals surface area contributed by atoms with E-state index in [2.05, 4.69) is 0 Å². The first-order valence-electron chi connectivity index (χ1n) is 9.75. The highest BCUT2D eigenvalue weighted by molar-refractivity contribution is 8.00. The van der Waals surface area contributed by atoms with Gasteiger partial charge in [0.25, 0.3) is 0 Å². The third-order valence-corrected chi connectivity index (χ3v) is 6.63. The van der Waals surface area contributed by atoms with Crippen LogP contribution in [-0.2, 0) is 11.3 Å². The van der Waals surface area contributed by atoms with E-state index in [1.807, 2.05) is 18.2 Å². The van der Waals surface area contributed by atoms with Crippen molar-refractivity contribution in [3.05, 3.63) is 59.2 Å². The molecule has 2 aliphatic rings. The maximum atomic E-state index is 13.6. The molecule has 1 aliphatic heterocycles. The van der Waals surface area contributed by atoms with E-state index in [4.69, 9.17) is 9.47 Å². The number of benzene rings is 2. The van der Waals surface area contributed by atoms with Crippen molar-refractivity contribution in [3.63, 3.8) is 0 Å². The number of hydrogen-bond donors (Lipinski definition) is 0. The molecule has 1 amide bonds. The number of amides is 1. The highest BCUT2D eigenvalue weighted by atomic mass is 32.2. The van der Waals surface area contributed by atoms with E-state index in [0.29, 0.717) is 22.8 Å². The summed E-state index contributed by atoms with van der Waals surface area (Å²) in [7, 11) is 1.61. The van der Waals surface area contributed by atoms with E-state index in [9.17, 15) is 13.6 Å². The first-order chi connectivity index (χ1) is 14.0. The fourth-order valence-electron chi connectivity index (χ4n) is 3.86. The molecule has 0 spiro atoms. The van der Waals surface area contributed by atoms with E-state index in [1.165, 1.54) is 30.7 Å². The Morgan fingerprint density at radius 1 is 1.07 bits per heavy atom. The van der Waals surface area contributed by atoms with Crippen LogP contribution in [0.2, 0.25) is 0 Å². The Labute approximate surface area is 173 Å². The molecule has 29 heavy (non-hydrogen) atoms. The van der Waals surface area contributed by atoms with Crippen molar-refractivity contribution < 1.29 is 23.0 Å². The first kappa shape index (κ1) is 20.0. The van der Waals surface area contributed by atoms with Crippen LogP contribution in [0, 0.1) is 11.6 Å². The van der Waals surface area contributed by atoms with E-state index < -0.39 is 11.6 Å². The minimum absolute atomic E-state index is 0.0289. The molecular formula is C22H23F2NO3S. The highest BCUT2D eigenvalue weighted by Gasteiger charge is 2.33. The van der Waals surface area contributed by atoms with Crippen LogP contribution in [0.15, 0.2) is 36.4 Å². The zero-order valence-corrected chi connectivity index (χ0v) is 17.0. The van der Waals surface area contributed by atoms with Crippen molar-refractivity contribution in [2.45, 2.75) is 43.7 Å². The Bertz CT molecular complexity index is 902. The van der Waals surface area contributed by atoms with Gasteiger partial charge in [0.05, 0.1) is 19.0 Å². The van der Waals surface area contributed by atoms with Crippen molar-refractivity contribution in [3.8, 4) is 11.5 Å². The van der Waals surface area contributed by atoms with Crippen LogP contribution in [0.3, 0.4) is 0 Å². The van der Waals surface area contributed by atoms with Gasteiger partial charge in [-0.2, -0.15) is 0 Å². The fourth-order valence-corrected chi connectivity index (χ4v) is 5.04. The maximum absolute atomic E-state index is 13.6. The molecule has 0 N–H and O–H groups in total. The first-order valence-corrected chi connectivity index (χ1v) is 10.8. The van der Waals surface area contributed by atoms with Gasteiger partial charge < -0.3 is 14.4 Å². The smallest absolute Gasteiger partial charge is 0.234 e. The molecular weight excluding hydrogens is 396 g/mol. The second-order valence-electron chi connectivity index (χ2n) is 7.37. The fraction of sp³-hybridized carbons (Fsp3) is 0.409. The number of halogens is 2. The third-order valence-electron chi connectivity index (χ3n) is 5.37. The number of thioether (sulfide) groups is 1. The van der Waals surface area contributed by atoms with Crippen LogP contribution in [0.4, 0.5) is 8.78 Å². The number of rotatable bonds is 6. The number of carbonyl (C=O) groups excluding carboxylic acids is 1. The van der Waals surface area contributed by atoms with E-state index >= 15 is 0 Å². The van der Waals surface area contributed by atoms with Gasteiger partial charge in [0.2, 0.25) is 5.91 Å². The van der Waals surface area contributed by atoms with Crippen molar-refractivity contribution >= 4 is 17.7 Å². The molecule has 1 atom stereocenters. The molecule has 1 unspecified atom stereocenters. The summed E-state index contributed by atoms with van der Waals surface area (Å²) in [5.41, 5.74) is 1.48. The van der Waals surface area contributed by atoms with Crippen molar-refractivity contribution in [2.75, 3.05) is 12.9 Å². The molecule has 4 rings (SSSR count). The number of hydrogen-bond acceptors (Lipinski definition) is 4. The van der Waals surface area contributed by atoms with Gasteiger partial charge in [0, 0.05) is 6.54 Å². The third kappa shape index (κ3) is 4.34. The monoisotopic (exact) mass is 419 g/mol. The molecule has 1 heterocycles. The second-order valence-corrected chi connectivity index (χ2v) is 8.44. The Hall–Kier alpha value is -2.28. The Balaban J connectivity index is 1.58. The van der Waals surface area contributed by atoms with Gasteiger partial charge in [0.15, 0.2) is 23.1 Å². The van der Waals surface area contributed by atoms with Crippen LogP contribution in [-0.4, -0.2) is 29.8 Å². The topological polar surface area (TPSA) is 38.8 Å². The molecule has 4 nitrogen and oxygen atoms in total. The lowest BCUT2D eigenvalue weighted by atomic mass is 10.1. The van der Waals surface area contributed by atoms with E-state index in [-0.39, 0.29) is 23.9 Å². The van der Waals surface area contributed by atoms with Gasteiger partial charge in [0.1, 0.15) is 5.37 Å². The molecule has 154 valence electrons. The average molecular weight is 419 g/mol. The number of nitrogens with zero attached hydrogens (tertiary/aromatic N) is 1. The number of methoxy groups -OCH3 is 1. The van der Waals surface area contributed by atoms with E-state index in [1.54, 1.807) is 12.0 Å². The molecule has 1 aliphatic carbocycles. The lowest BCUT2D eigenvalue weighted by Gasteiger charge is -2.25. The van der Waals surface area contributed by atoms with Gasteiger partial charge in [-0.25, -0.2) is 8.78 Å². The summed E-state index contributed by atoms with van der Waals surface area (Å²) in [4.78, 5) is 14.2. The molecule has 1 saturated heterocycles. The second kappa shape index (κ2) is 8.61. The SMILES string of the molecule is COc1ccc(C2SCC(=O)N2Cc2ccc(F)c(F)c2)cc1OC1CCCC1. The maximum Gasteiger partial charge on any atom is 0.234 e. The molecule has 0 aromatic heterocycles. The van der Waals surface area contributed by atoms with Crippen molar-refractivity contribution in [2.24, 2.45) is 0 Å². The van der Waals surface area contributed by atoms with Gasteiger partial charge in [-0.05, 0) is 61.1 Å². The molecule has 2 aromatic rings. The van der Waals surface area contributed by atoms with Gasteiger partial charge >= 0.3 is 0 Å². The lowest BCUT2D eigenvalue weighted by Crippen LogP contribution is -2.27. The number of ether oxygens (including phenoxy) is 2. The largest absolute Gasteiger partial charge is 0.493 e. The average Bonchev–Trinajstić information content (AvgIpc) is 3.35.